The van der Waals surface area contributed by atoms with Gasteiger partial charge in [0.05, 0.1) is 12.1 Å². The van der Waals surface area contributed by atoms with E-state index in [0.717, 1.165) is 52.3 Å². The number of hydrogen-bond donors (Lipinski definition) is 2. The van der Waals surface area contributed by atoms with Crippen molar-refractivity contribution in [3.05, 3.63) is 41.7 Å². The molecular formula is C26H32N6O3S. The highest BCUT2D eigenvalue weighted by atomic mass is 32.1. The van der Waals surface area contributed by atoms with Crippen molar-refractivity contribution in [1.29, 1.82) is 0 Å². The number of likely N-dealkylation sites (N-methyl/N-ethyl adjacent to an activating group) is 1. The molecule has 4 heterocycles. The Morgan fingerprint density at radius 2 is 1.92 bits per heavy atom. The van der Waals surface area contributed by atoms with E-state index in [1.54, 1.807) is 20.3 Å². The van der Waals surface area contributed by atoms with Crippen molar-refractivity contribution in [2.24, 2.45) is 5.92 Å². The van der Waals surface area contributed by atoms with Gasteiger partial charge in [0.1, 0.15) is 33.4 Å². The maximum atomic E-state index is 14.0. The third-order valence-corrected chi connectivity index (χ3v) is 8.27. The van der Waals surface area contributed by atoms with Gasteiger partial charge < -0.3 is 20.3 Å². The van der Waals surface area contributed by atoms with E-state index in [1.807, 2.05) is 35.2 Å². The lowest BCUT2D eigenvalue weighted by molar-refractivity contribution is -0.140. The SMILES string of the molecule is CN[C@@H](C)C(=O)N[C@H](C(=O)N1CCC[C@H]1c1nc2c(-c3ccccc3)ncnc2s1)C1CCOCC1. The van der Waals surface area contributed by atoms with Gasteiger partial charge in [0.25, 0.3) is 0 Å². The molecule has 2 aliphatic rings. The molecule has 3 atom stereocenters. The molecule has 0 radical (unpaired) electrons. The molecule has 2 fully saturated rings. The predicted molar refractivity (Wildman–Crippen MR) is 138 cm³/mol. The highest BCUT2D eigenvalue weighted by Crippen LogP contribution is 2.38. The van der Waals surface area contributed by atoms with Crippen molar-refractivity contribution < 1.29 is 14.3 Å². The van der Waals surface area contributed by atoms with Crippen LogP contribution < -0.4 is 10.6 Å². The molecule has 0 saturated carbocycles. The minimum Gasteiger partial charge on any atom is -0.381 e. The van der Waals surface area contributed by atoms with E-state index >= 15 is 0 Å². The summed E-state index contributed by atoms with van der Waals surface area (Å²) >= 11 is 1.52. The molecule has 2 aromatic heterocycles. The minimum atomic E-state index is -0.577. The second kappa shape index (κ2) is 11.0. The van der Waals surface area contributed by atoms with E-state index < -0.39 is 6.04 Å². The molecule has 0 spiro atoms. The van der Waals surface area contributed by atoms with Crippen LogP contribution in [0.3, 0.4) is 0 Å². The van der Waals surface area contributed by atoms with Crippen LogP contribution in [0, 0.1) is 5.92 Å². The third-order valence-electron chi connectivity index (χ3n) is 7.21. The molecule has 10 heteroatoms. The molecule has 190 valence electrons. The Hall–Kier alpha value is -2.95. The summed E-state index contributed by atoms with van der Waals surface area (Å²) < 4.78 is 5.53. The van der Waals surface area contributed by atoms with E-state index in [4.69, 9.17) is 9.72 Å². The van der Waals surface area contributed by atoms with Crippen LogP contribution >= 0.6 is 11.3 Å². The summed E-state index contributed by atoms with van der Waals surface area (Å²) in [5.41, 5.74) is 2.55. The van der Waals surface area contributed by atoms with E-state index in [-0.39, 0.29) is 29.8 Å². The lowest BCUT2D eigenvalue weighted by atomic mass is 9.90. The van der Waals surface area contributed by atoms with Crippen molar-refractivity contribution in [3.8, 4) is 11.3 Å². The number of fused-ring (bicyclic) bond motifs is 1. The number of nitrogens with zero attached hydrogens (tertiary/aromatic N) is 4. The Kier molecular flexibility index (Phi) is 7.54. The molecule has 3 aromatic rings. The largest absolute Gasteiger partial charge is 0.381 e. The third kappa shape index (κ3) is 4.98. The quantitative estimate of drug-likeness (QED) is 0.505. The Morgan fingerprint density at radius 1 is 1.14 bits per heavy atom. The van der Waals surface area contributed by atoms with Crippen molar-refractivity contribution in [1.82, 2.24) is 30.5 Å². The molecule has 9 nitrogen and oxygen atoms in total. The van der Waals surface area contributed by atoms with Crippen LogP contribution in [-0.4, -0.2) is 70.6 Å². The Morgan fingerprint density at radius 3 is 2.67 bits per heavy atom. The van der Waals surface area contributed by atoms with Crippen LogP contribution in [-0.2, 0) is 14.3 Å². The van der Waals surface area contributed by atoms with Crippen molar-refractivity contribution in [2.75, 3.05) is 26.8 Å². The van der Waals surface area contributed by atoms with Crippen LogP contribution in [0.4, 0.5) is 0 Å². The first-order chi connectivity index (χ1) is 17.6. The standard InChI is InChI=1S/C26H32N6O3S/c1-16(27-2)23(33)30-21(18-10-13-35-14-11-18)26(34)32-12-6-9-19(32)24-31-22-20(17-7-4-3-5-8-17)28-15-29-25(22)36-24/h3-5,7-8,15-16,18-19,21,27H,6,9-14H2,1-2H3,(H,30,33)/t16-,19-,21-/m0/s1. The molecule has 0 unspecified atom stereocenters. The van der Waals surface area contributed by atoms with Crippen LogP contribution in [0.25, 0.3) is 21.6 Å². The molecule has 2 saturated heterocycles. The second-order valence-electron chi connectivity index (χ2n) is 9.43. The number of likely N-dealkylation sites (tertiary alicyclic amines) is 1. The summed E-state index contributed by atoms with van der Waals surface area (Å²) in [6.45, 7) is 3.65. The van der Waals surface area contributed by atoms with Gasteiger partial charge in [0.2, 0.25) is 11.8 Å². The van der Waals surface area contributed by atoms with Gasteiger partial charge in [-0.15, -0.1) is 0 Å². The molecule has 36 heavy (non-hydrogen) atoms. The molecule has 0 aliphatic carbocycles. The number of hydrogen-bond acceptors (Lipinski definition) is 8. The highest BCUT2D eigenvalue weighted by Gasteiger charge is 2.40. The maximum Gasteiger partial charge on any atom is 0.246 e. The Balaban J connectivity index is 1.44. The fraction of sp³-hybridized carbons (Fsp3) is 0.500. The summed E-state index contributed by atoms with van der Waals surface area (Å²) in [4.78, 5) is 43.4. The Labute approximate surface area is 214 Å². The van der Waals surface area contributed by atoms with E-state index in [0.29, 0.717) is 19.8 Å². The van der Waals surface area contributed by atoms with Gasteiger partial charge in [-0.3, -0.25) is 9.59 Å². The number of aromatic nitrogens is 3. The molecule has 5 rings (SSSR count). The number of carbonyl (C=O) groups excluding carboxylic acids is 2. The molecular weight excluding hydrogens is 476 g/mol. The zero-order valence-corrected chi connectivity index (χ0v) is 21.5. The van der Waals surface area contributed by atoms with Crippen LogP contribution in [0.15, 0.2) is 36.7 Å². The molecule has 1 aromatic carbocycles. The van der Waals surface area contributed by atoms with Gasteiger partial charge in [0, 0.05) is 25.3 Å². The summed E-state index contributed by atoms with van der Waals surface area (Å²) in [7, 11) is 1.74. The lowest BCUT2D eigenvalue weighted by Gasteiger charge is -2.35. The topological polar surface area (TPSA) is 109 Å². The van der Waals surface area contributed by atoms with Crippen LogP contribution in [0.1, 0.15) is 43.7 Å². The van der Waals surface area contributed by atoms with Gasteiger partial charge in [-0.2, -0.15) is 0 Å². The average molecular weight is 509 g/mol. The maximum absolute atomic E-state index is 14.0. The second-order valence-corrected chi connectivity index (χ2v) is 10.4. The summed E-state index contributed by atoms with van der Waals surface area (Å²) in [5, 5.41) is 6.89. The smallest absolute Gasteiger partial charge is 0.246 e. The molecule has 2 aliphatic heterocycles. The van der Waals surface area contributed by atoms with Gasteiger partial charge in [-0.1, -0.05) is 41.7 Å². The highest BCUT2D eigenvalue weighted by molar-refractivity contribution is 7.18. The number of benzene rings is 1. The van der Waals surface area contributed by atoms with E-state index in [1.165, 1.54) is 11.3 Å². The molecule has 2 N–H and O–H groups in total. The summed E-state index contributed by atoms with van der Waals surface area (Å²) in [6, 6.07) is 8.86. The van der Waals surface area contributed by atoms with Gasteiger partial charge in [-0.25, -0.2) is 15.0 Å². The fourth-order valence-corrected chi connectivity index (χ4v) is 6.08. The number of thiazole rings is 1. The number of nitrogens with one attached hydrogen (secondary N) is 2. The molecule has 2 amide bonds. The fourth-order valence-electron chi connectivity index (χ4n) is 5.03. The van der Waals surface area contributed by atoms with E-state index in [9.17, 15) is 9.59 Å². The lowest BCUT2D eigenvalue weighted by Crippen LogP contribution is -2.56. The first-order valence-corrected chi connectivity index (χ1v) is 13.4. The van der Waals surface area contributed by atoms with Crippen molar-refractivity contribution in [3.63, 3.8) is 0 Å². The zero-order chi connectivity index (χ0) is 25.1. The molecule has 0 bridgehead atoms. The average Bonchev–Trinajstić information content (AvgIpc) is 3.59. The predicted octanol–water partition coefficient (Wildman–Crippen LogP) is 2.94. The Bertz CT molecular complexity index is 1210. The van der Waals surface area contributed by atoms with Gasteiger partial charge in [-0.05, 0) is 45.6 Å². The zero-order valence-electron chi connectivity index (χ0n) is 20.6. The number of ether oxygens (including phenoxy) is 1. The van der Waals surface area contributed by atoms with Crippen molar-refractivity contribution >= 4 is 33.5 Å². The first-order valence-electron chi connectivity index (χ1n) is 12.6. The van der Waals surface area contributed by atoms with Gasteiger partial charge in [0.15, 0.2) is 0 Å². The normalized spacial score (nSPS) is 20.4. The van der Waals surface area contributed by atoms with Gasteiger partial charge >= 0.3 is 0 Å². The number of carbonyl (C=O) groups is 2. The number of rotatable bonds is 7. The minimum absolute atomic E-state index is 0.0327. The van der Waals surface area contributed by atoms with Crippen LogP contribution in [0.5, 0.6) is 0 Å². The van der Waals surface area contributed by atoms with Crippen molar-refractivity contribution in [2.45, 2.75) is 50.7 Å². The first kappa shape index (κ1) is 24.7. The number of amides is 2. The summed E-state index contributed by atoms with van der Waals surface area (Å²) in [6.07, 6.45) is 4.80. The van der Waals surface area contributed by atoms with E-state index in [2.05, 4.69) is 20.6 Å². The van der Waals surface area contributed by atoms with Crippen LogP contribution in [0.2, 0.25) is 0 Å². The monoisotopic (exact) mass is 508 g/mol. The summed E-state index contributed by atoms with van der Waals surface area (Å²) in [5.74, 6) is -0.151.